The first-order valence-electron chi connectivity index (χ1n) is 14.1. The highest BCUT2D eigenvalue weighted by Crippen LogP contribution is 2.70. The van der Waals surface area contributed by atoms with Gasteiger partial charge in [0.25, 0.3) is 0 Å². The van der Waals surface area contributed by atoms with Crippen LogP contribution in [0.2, 0.25) is 0 Å². The van der Waals surface area contributed by atoms with Crippen molar-refractivity contribution in [2.24, 2.45) is 11.8 Å². The summed E-state index contributed by atoms with van der Waals surface area (Å²) >= 11 is 0. The summed E-state index contributed by atoms with van der Waals surface area (Å²) in [5.74, 6) is 1.65. The van der Waals surface area contributed by atoms with Crippen LogP contribution in [0.25, 0.3) is 22.3 Å². The van der Waals surface area contributed by atoms with Crippen LogP contribution in [0.15, 0.2) is 72.8 Å². The van der Waals surface area contributed by atoms with Gasteiger partial charge in [-0.2, -0.15) is 48.5 Å². The molecule has 0 bridgehead atoms. The number of benzene rings is 2. The minimum atomic E-state index is 0.304. The van der Waals surface area contributed by atoms with Crippen LogP contribution in [-0.4, -0.2) is 0 Å². The van der Waals surface area contributed by atoms with Gasteiger partial charge < -0.3 is 0 Å². The fourth-order valence-corrected chi connectivity index (χ4v) is 9.08. The Hall–Kier alpha value is -2.34. The van der Waals surface area contributed by atoms with Gasteiger partial charge in [-0.1, -0.05) is 61.8 Å². The summed E-state index contributed by atoms with van der Waals surface area (Å²) in [5.41, 5.74) is 9.77. The molecule has 3 fully saturated rings. The molecule has 0 unspecified atom stereocenters. The van der Waals surface area contributed by atoms with Gasteiger partial charge >= 0.3 is 0 Å². The van der Waals surface area contributed by atoms with E-state index < -0.39 is 0 Å². The van der Waals surface area contributed by atoms with E-state index in [1.807, 2.05) is 0 Å². The van der Waals surface area contributed by atoms with E-state index in [1.54, 1.807) is 11.1 Å². The molecule has 0 radical (unpaired) electrons. The molecule has 0 aromatic rings. The van der Waals surface area contributed by atoms with E-state index in [9.17, 15) is 0 Å². The lowest BCUT2D eigenvalue weighted by molar-refractivity contribution is -0.0538. The first-order valence-corrected chi connectivity index (χ1v) is 14.1. The summed E-state index contributed by atoms with van der Waals surface area (Å²) in [6, 6.07) is 28.7. The van der Waals surface area contributed by atoms with Gasteiger partial charge in [-0.25, -0.2) is 0 Å². The molecule has 176 valence electrons. The van der Waals surface area contributed by atoms with Crippen molar-refractivity contribution in [3.63, 3.8) is 0 Å². The molecule has 0 saturated heterocycles. The average Bonchev–Trinajstić information content (AvgIpc) is 3.50. The molecule has 0 aromatic carbocycles. The molecule has 7 aliphatic rings. The summed E-state index contributed by atoms with van der Waals surface area (Å²) in [6.07, 6.45) is 17.1. The lowest BCUT2D eigenvalue weighted by atomic mass is 9.36. The van der Waals surface area contributed by atoms with E-state index in [1.165, 1.54) is 99.3 Å². The molecule has 2 atom stereocenters. The zero-order valence-electron chi connectivity index (χ0n) is 20.6. The Kier molecular flexibility index (Phi) is 5.01. The summed E-state index contributed by atoms with van der Waals surface area (Å²) in [6.45, 7) is 0. The number of fused-ring (bicyclic) bond motifs is 2. The van der Waals surface area contributed by atoms with Crippen LogP contribution in [0.1, 0.15) is 88.2 Å². The van der Waals surface area contributed by atoms with Crippen LogP contribution in [0.4, 0.5) is 0 Å². The topological polar surface area (TPSA) is 0 Å². The molecule has 0 heterocycles. The molecule has 0 nitrogen and oxygen atoms in total. The summed E-state index contributed by atoms with van der Waals surface area (Å²) in [4.78, 5) is 0. The average molecular weight is 447 g/mol. The van der Waals surface area contributed by atoms with Gasteiger partial charge in [-0.05, 0) is 50.4 Å². The fraction of sp³-hybridized carbons (Fsp3) is 0.471. The normalized spacial score (nSPS) is 28.9. The van der Waals surface area contributed by atoms with Gasteiger partial charge in [-0.3, -0.25) is 0 Å². The highest BCUT2D eigenvalue weighted by molar-refractivity contribution is 5.73. The third-order valence-corrected chi connectivity index (χ3v) is 10.6. The maximum absolute atomic E-state index is 2.61. The highest BCUT2D eigenvalue weighted by Gasteiger charge is 2.66. The van der Waals surface area contributed by atoms with Gasteiger partial charge in [0, 0.05) is 10.8 Å². The molecule has 7 rings (SSSR count). The largest absolute Gasteiger partial charge is 0.172 e. The Morgan fingerprint density at radius 3 is 1.32 bits per heavy atom. The third-order valence-electron chi connectivity index (χ3n) is 10.6. The molecule has 34 heavy (non-hydrogen) atoms. The molecular formula is C34H38-2. The lowest BCUT2D eigenvalue weighted by Crippen LogP contribution is -2.65. The van der Waals surface area contributed by atoms with Crippen molar-refractivity contribution >= 4 is 0 Å². The second-order valence-electron chi connectivity index (χ2n) is 11.9. The zero-order chi connectivity index (χ0) is 22.6. The van der Waals surface area contributed by atoms with Crippen molar-refractivity contribution in [3.05, 3.63) is 83.9 Å². The zero-order valence-corrected chi connectivity index (χ0v) is 20.6. The SMILES string of the molecule is c1cc2cc([C@]3(C4CCCCC4)CC[C@@]3(c3cc4cc[cH-]cc-4c3)C3CCCCC3)cc-2c[cH-]1. The van der Waals surface area contributed by atoms with Gasteiger partial charge in [0.2, 0.25) is 0 Å². The van der Waals surface area contributed by atoms with Crippen LogP contribution in [-0.2, 0) is 10.8 Å². The van der Waals surface area contributed by atoms with E-state index in [4.69, 9.17) is 0 Å². The number of hydrogen-bond acceptors (Lipinski definition) is 0. The molecule has 0 spiro atoms. The Morgan fingerprint density at radius 2 is 0.941 bits per heavy atom. The third kappa shape index (κ3) is 2.90. The quantitative estimate of drug-likeness (QED) is 0.274. The number of hydrogen-bond donors (Lipinski definition) is 0. The van der Waals surface area contributed by atoms with Gasteiger partial charge in [0.05, 0.1) is 0 Å². The van der Waals surface area contributed by atoms with Crippen molar-refractivity contribution in [2.75, 3.05) is 0 Å². The van der Waals surface area contributed by atoms with E-state index in [2.05, 4.69) is 72.8 Å². The Labute approximate surface area is 205 Å². The van der Waals surface area contributed by atoms with E-state index in [-0.39, 0.29) is 0 Å². The molecule has 0 aliphatic heterocycles. The Morgan fingerprint density at radius 1 is 0.529 bits per heavy atom. The van der Waals surface area contributed by atoms with Crippen molar-refractivity contribution < 1.29 is 0 Å². The minimum absolute atomic E-state index is 0.304. The summed E-state index contributed by atoms with van der Waals surface area (Å²) < 4.78 is 0. The number of rotatable bonds is 4. The predicted molar refractivity (Wildman–Crippen MR) is 143 cm³/mol. The molecule has 0 aromatic heterocycles. The second-order valence-corrected chi connectivity index (χ2v) is 11.9. The van der Waals surface area contributed by atoms with Crippen molar-refractivity contribution in [1.82, 2.24) is 0 Å². The molecule has 0 heteroatoms. The minimum Gasteiger partial charge on any atom is -0.172 e. The van der Waals surface area contributed by atoms with Gasteiger partial charge in [0.15, 0.2) is 0 Å². The molecule has 7 aliphatic carbocycles. The van der Waals surface area contributed by atoms with Crippen LogP contribution < -0.4 is 0 Å². The van der Waals surface area contributed by atoms with Gasteiger partial charge in [-0.15, -0.1) is 34.4 Å². The maximum atomic E-state index is 2.61. The fourth-order valence-electron chi connectivity index (χ4n) is 9.08. The Balaban J connectivity index is 1.48. The smallest absolute Gasteiger partial charge is 0.00699 e. The lowest BCUT2D eigenvalue weighted by Gasteiger charge is -2.68. The summed E-state index contributed by atoms with van der Waals surface area (Å²) in [5, 5.41) is 0. The van der Waals surface area contributed by atoms with Crippen LogP contribution >= 0.6 is 0 Å². The summed E-state index contributed by atoms with van der Waals surface area (Å²) in [7, 11) is 0. The molecule has 0 amide bonds. The first kappa shape index (κ1) is 21.0. The van der Waals surface area contributed by atoms with Crippen LogP contribution in [0.5, 0.6) is 0 Å². The maximum Gasteiger partial charge on any atom is 0.00699 e. The van der Waals surface area contributed by atoms with Crippen LogP contribution in [0, 0.1) is 11.8 Å². The van der Waals surface area contributed by atoms with Crippen LogP contribution in [0.3, 0.4) is 0 Å². The van der Waals surface area contributed by atoms with E-state index >= 15 is 0 Å². The van der Waals surface area contributed by atoms with E-state index in [0.29, 0.717) is 10.8 Å². The van der Waals surface area contributed by atoms with E-state index in [0.717, 1.165) is 11.8 Å². The Bertz CT molecular complexity index is 1040. The molecule has 0 N–H and O–H groups in total. The molecule has 3 saturated carbocycles. The second kappa shape index (κ2) is 8.11. The standard InChI is InChI=1S/C34H38/c1-3-15-29(16-4-1)33(31-21-25-11-7-8-12-26(25)22-31)19-20-34(33,30-17-5-2-6-18-30)32-23-27-13-9-10-14-28(27)24-32/h7-14,21-24,29-30H,1-6,15-20H2/q-2/t33-,34+. The predicted octanol–water partition coefficient (Wildman–Crippen LogP) is 9.46. The van der Waals surface area contributed by atoms with Gasteiger partial charge in [0.1, 0.15) is 0 Å². The highest BCUT2D eigenvalue weighted by atomic mass is 14.7. The monoisotopic (exact) mass is 446 g/mol. The van der Waals surface area contributed by atoms with Crippen molar-refractivity contribution in [3.8, 4) is 22.3 Å². The first-order chi connectivity index (χ1) is 16.8. The van der Waals surface area contributed by atoms with Crippen molar-refractivity contribution in [2.45, 2.75) is 87.9 Å². The molecular weight excluding hydrogens is 408 g/mol. The van der Waals surface area contributed by atoms with Crippen molar-refractivity contribution in [1.29, 1.82) is 0 Å².